The van der Waals surface area contributed by atoms with Gasteiger partial charge in [0.2, 0.25) is 0 Å². The minimum atomic E-state index is -3.31. The first-order valence-corrected chi connectivity index (χ1v) is 12.1. The third kappa shape index (κ3) is 6.14. The van der Waals surface area contributed by atoms with Crippen LogP contribution in [-0.4, -0.2) is 62.5 Å². The highest BCUT2D eigenvalue weighted by Gasteiger charge is 2.21. The average molecular weight is 448 g/mol. The van der Waals surface area contributed by atoms with E-state index < -0.39 is 15.1 Å². The lowest BCUT2D eigenvalue weighted by atomic mass is 10.2. The van der Waals surface area contributed by atoms with Crippen LogP contribution in [0.5, 0.6) is 0 Å². The first kappa shape index (κ1) is 23.0. The van der Waals surface area contributed by atoms with Crippen LogP contribution in [0.1, 0.15) is 26.5 Å². The van der Waals surface area contributed by atoms with Crippen molar-refractivity contribution in [1.82, 2.24) is 15.3 Å². The molecule has 2 aromatic rings. The molecule has 31 heavy (non-hydrogen) atoms. The van der Waals surface area contributed by atoms with Crippen LogP contribution in [0.25, 0.3) is 11.4 Å². The molecule has 1 aliphatic heterocycles. The van der Waals surface area contributed by atoms with Crippen LogP contribution in [-0.2, 0) is 20.3 Å². The Bertz CT molecular complexity index is 1000. The fourth-order valence-electron chi connectivity index (χ4n) is 3.05. The van der Waals surface area contributed by atoms with Crippen molar-refractivity contribution in [3.05, 3.63) is 36.0 Å². The van der Waals surface area contributed by atoms with Crippen LogP contribution in [0, 0.1) is 0 Å². The number of aromatic nitrogens is 2. The zero-order valence-corrected chi connectivity index (χ0v) is 18.9. The summed E-state index contributed by atoms with van der Waals surface area (Å²) in [5, 5.41) is 4.93. The lowest BCUT2D eigenvalue weighted by molar-refractivity contribution is 0.122. The predicted octanol–water partition coefficient (Wildman–Crippen LogP) is 2.44. The first-order valence-electron chi connectivity index (χ1n) is 10.4. The summed E-state index contributed by atoms with van der Waals surface area (Å²) in [6.07, 6.45) is 0. The Hall–Kier alpha value is -2.72. The predicted molar refractivity (Wildman–Crippen MR) is 121 cm³/mol. The van der Waals surface area contributed by atoms with Crippen molar-refractivity contribution < 1.29 is 17.9 Å². The summed E-state index contributed by atoms with van der Waals surface area (Å²) < 4.78 is 30.4. The van der Waals surface area contributed by atoms with Crippen molar-refractivity contribution in [3.63, 3.8) is 0 Å². The molecular weight excluding hydrogens is 418 g/mol. The van der Waals surface area contributed by atoms with Gasteiger partial charge in [-0.2, -0.15) is 0 Å². The van der Waals surface area contributed by atoms with E-state index in [0.29, 0.717) is 55.9 Å². The van der Waals surface area contributed by atoms with Crippen molar-refractivity contribution in [2.75, 3.05) is 43.1 Å². The highest BCUT2D eigenvalue weighted by Crippen LogP contribution is 2.24. The second-order valence-electron chi connectivity index (χ2n) is 7.56. The zero-order chi connectivity index (χ0) is 22.4. The minimum Gasteiger partial charge on any atom is -0.378 e. The molecule has 0 spiro atoms. The maximum atomic E-state index is 12.5. The number of nitrogens with one attached hydrogen (secondary N) is 2. The smallest absolute Gasteiger partial charge is 0.319 e. The van der Waals surface area contributed by atoms with E-state index >= 15 is 0 Å². The van der Waals surface area contributed by atoms with Gasteiger partial charge in [-0.25, -0.2) is 23.2 Å². The van der Waals surface area contributed by atoms with Crippen molar-refractivity contribution >= 4 is 27.4 Å². The maximum absolute atomic E-state index is 12.5. The van der Waals surface area contributed by atoms with Gasteiger partial charge in [0.15, 0.2) is 15.7 Å². The van der Waals surface area contributed by atoms with E-state index in [9.17, 15) is 13.2 Å². The SMILES string of the molecule is CCNC(=O)Nc1ccc(-c2nc(CS(=O)(=O)C(C)C)cc(N3CCOCC3)n2)cc1. The highest BCUT2D eigenvalue weighted by molar-refractivity contribution is 7.91. The van der Waals surface area contributed by atoms with Gasteiger partial charge in [-0.3, -0.25) is 0 Å². The number of carbonyl (C=O) groups is 1. The Balaban J connectivity index is 1.92. The topological polar surface area (TPSA) is 114 Å². The molecule has 10 heteroatoms. The molecule has 0 atom stereocenters. The Labute approximate surface area is 183 Å². The Morgan fingerprint density at radius 3 is 2.45 bits per heavy atom. The van der Waals surface area contributed by atoms with Gasteiger partial charge >= 0.3 is 6.03 Å². The number of ether oxygens (including phenoxy) is 1. The number of rotatable bonds is 7. The molecular formula is C21H29N5O4S. The first-order chi connectivity index (χ1) is 14.8. The Morgan fingerprint density at radius 2 is 1.84 bits per heavy atom. The van der Waals surface area contributed by atoms with Gasteiger partial charge in [0.25, 0.3) is 0 Å². The quantitative estimate of drug-likeness (QED) is 0.670. The van der Waals surface area contributed by atoms with Crippen LogP contribution in [0.4, 0.5) is 16.3 Å². The van der Waals surface area contributed by atoms with Crippen LogP contribution in [0.15, 0.2) is 30.3 Å². The molecule has 1 aliphatic rings. The van der Waals surface area contributed by atoms with E-state index in [2.05, 4.69) is 25.5 Å². The number of hydrogen-bond acceptors (Lipinski definition) is 7. The standard InChI is InChI=1S/C21H29N5O4S/c1-4-22-21(27)24-17-7-5-16(6-8-17)20-23-18(14-31(28,29)15(2)3)13-19(25-20)26-9-11-30-12-10-26/h5-8,13,15H,4,9-12,14H2,1-3H3,(H2,22,24,27). The molecule has 1 aromatic heterocycles. The largest absolute Gasteiger partial charge is 0.378 e. The third-order valence-electron chi connectivity index (χ3n) is 4.91. The van der Waals surface area contributed by atoms with Gasteiger partial charge < -0.3 is 20.3 Å². The lowest BCUT2D eigenvalue weighted by Crippen LogP contribution is -2.37. The number of sulfone groups is 1. The summed E-state index contributed by atoms with van der Waals surface area (Å²) in [5.41, 5.74) is 1.84. The fourth-order valence-corrected chi connectivity index (χ4v) is 3.95. The second kappa shape index (κ2) is 10.1. The molecule has 2 N–H and O–H groups in total. The summed E-state index contributed by atoms with van der Waals surface area (Å²) in [4.78, 5) is 23.0. The van der Waals surface area contributed by atoms with Crippen LogP contribution in [0.3, 0.4) is 0 Å². The maximum Gasteiger partial charge on any atom is 0.319 e. The Morgan fingerprint density at radius 1 is 1.16 bits per heavy atom. The molecule has 1 aromatic carbocycles. The summed E-state index contributed by atoms with van der Waals surface area (Å²) in [6, 6.07) is 8.61. The minimum absolute atomic E-state index is 0.144. The molecule has 0 unspecified atom stereocenters. The number of morpholine rings is 1. The molecule has 168 valence electrons. The van der Waals surface area contributed by atoms with Gasteiger partial charge in [0, 0.05) is 37.0 Å². The number of amides is 2. The van der Waals surface area contributed by atoms with Crippen molar-refractivity contribution in [3.8, 4) is 11.4 Å². The monoisotopic (exact) mass is 447 g/mol. The number of hydrogen-bond donors (Lipinski definition) is 2. The van der Waals surface area contributed by atoms with E-state index in [0.717, 1.165) is 5.56 Å². The second-order valence-corrected chi connectivity index (χ2v) is 10.1. The zero-order valence-electron chi connectivity index (χ0n) is 18.1. The van der Waals surface area contributed by atoms with E-state index in [1.165, 1.54) is 0 Å². The van der Waals surface area contributed by atoms with Gasteiger partial charge in [-0.05, 0) is 45.0 Å². The van der Waals surface area contributed by atoms with Crippen LogP contribution >= 0.6 is 0 Å². The van der Waals surface area contributed by atoms with E-state index in [1.54, 1.807) is 44.2 Å². The fraction of sp³-hybridized carbons (Fsp3) is 0.476. The third-order valence-corrected chi connectivity index (χ3v) is 7.04. The summed E-state index contributed by atoms with van der Waals surface area (Å²) in [5.74, 6) is 0.989. The normalized spacial score (nSPS) is 14.5. The lowest BCUT2D eigenvalue weighted by Gasteiger charge is -2.28. The molecule has 0 aliphatic carbocycles. The van der Waals surface area contributed by atoms with Gasteiger partial charge in [-0.15, -0.1) is 0 Å². The Kier molecular flexibility index (Phi) is 7.45. The number of benzene rings is 1. The number of anilines is 2. The summed E-state index contributed by atoms with van der Waals surface area (Å²) >= 11 is 0. The molecule has 2 heterocycles. The van der Waals surface area contributed by atoms with E-state index in [1.807, 2.05) is 6.92 Å². The number of carbonyl (C=O) groups excluding carboxylic acids is 1. The van der Waals surface area contributed by atoms with Crippen molar-refractivity contribution in [1.29, 1.82) is 0 Å². The van der Waals surface area contributed by atoms with Crippen molar-refractivity contribution in [2.45, 2.75) is 31.8 Å². The van der Waals surface area contributed by atoms with Crippen LogP contribution in [0.2, 0.25) is 0 Å². The average Bonchev–Trinajstić information content (AvgIpc) is 2.74. The van der Waals surface area contributed by atoms with Gasteiger partial charge in [0.05, 0.1) is 29.9 Å². The van der Waals surface area contributed by atoms with E-state index in [4.69, 9.17) is 4.74 Å². The molecule has 1 saturated heterocycles. The summed E-state index contributed by atoms with van der Waals surface area (Å²) in [7, 11) is -3.31. The molecule has 0 bridgehead atoms. The number of urea groups is 1. The molecule has 0 radical (unpaired) electrons. The highest BCUT2D eigenvalue weighted by atomic mass is 32.2. The van der Waals surface area contributed by atoms with Crippen molar-refractivity contribution in [2.24, 2.45) is 0 Å². The molecule has 3 rings (SSSR count). The molecule has 1 fully saturated rings. The number of nitrogens with zero attached hydrogens (tertiary/aromatic N) is 3. The van der Waals surface area contributed by atoms with Gasteiger partial charge in [0.1, 0.15) is 5.82 Å². The molecule has 2 amide bonds. The summed E-state index contributed by atoms with van der Waals surface area (Å²) in [6.45, 7) is 8.27. The molecule has 0 saturated carbocycles. The van der Waals surface area contributed by atoms with Crippen LogP contribution < -0.4 is 15.5 Å². The van der Waals surface area contributed by atoms with E-state index in [-0.39, 0.29) is 11.8 Å². The van der Waals surface area contributed by atoms with Gasteiger partial charge in [-0.1, -0.05) is 0 Å². The molecule has 9 nitrogen and oxygen atoms in total.